The van der Waals surface area contributed by atoms with Crippen LogP contribution in [0.1, 0.15) is 31.2 Å². The molecule has 2 aliphatic heterocycles. The summed E-state index contributed by atoms with van der Waals surface area (Å²) in [5.74, 6) is 1.40. The van der Waals surface area contributed by atoms with Gasteiger partial charge in [-0.2, -0.15) is 0 Å². The van der Waals surface area contributed by atoms with Gasteiger partial charge >= 0.3 is 0 Å². The van der Waals surface area contributed by atoms with Crippen LogP contribution >= 0.6 is 11.6 Å². The summed E-state index contributed by atoms with van der Waals surface area (Å²) in [6, 6.07) is 3.86. The van der Waals surface area contributed by atoms with Crippen molar-refractivity contribution >= 4 is 17.5 Å². The molecule has 2 saturated heterocycles. The number of likely N-dealkylation sites (tertiary alicyclic amines) is 2. The minimum absolute atomic E-state index is 0.245. The van der Waals surface area contributed by atoms with Gasteiger partial charge in [0, 0.05) is 26.7 Å². The summed E-state index contributed by atoms with van der Waals surface area (Å²) in [5, 5.41) is 0.525. The maximum Gasteiger partial charge on any atom is 0.243 e. The molecule has 1 amide bonds. The van der Waals surface area contributed by atoms with Crippen molar-refractivity contribution in [2.75, 3.05) is 47.6 Å². The number of carbonyl (C=O) groups is 1. The number of methoxy groups -OCH3 is 3. The van der Waals surface area contributed by atoms with Gasteiger partial charge in [-0.05, 0) is 49.9 Å². The summed E-state index contributed by atoms with van der Waals surface area (Å²) in [6.45, 7) is 3.64. The Labute approximate surface area is 166 Å². The highest BCUT2D eigenvalue weighted by atomic mass is 35.5. The number of ether oxygens (including phenoxy) is 3. The Balaban J connectivity index is 1.82. The quantitative estimate of drug-likeness (QED) is 0.709. The summed E-state index contributed by atoms with van der Waals surface area (Å²) in [4.78, 5) is 17.6. The predicted octanol–water partition coefficient (Wildman–Crippen LogP) is 2.96. The zero-order valence-electron chi connectivity index (χ0n) is 16.4. The van der Waals surface area contributed by atoms with Gasteiger partial charge in [-0.15, -0.1) is 0 Å². The first-order valence-electron chi connectivity index (χ1n) is 9.49. The van der Waals surface area contributed by atoms with Crippen LogP contribution in [0.25, 0.3) is 0 Å². The van der Waals surface area contributed by atoms with Gasteiger partial charge in [0.25, 0.3) is 0 Å². The molecule has 150 valence electrons. The van der Waals surface area contributed by atoms with Gasteiger partial charge in [-0.3, -0.25) is 9.69 Å². The Morgan fingerprint density at radius 1 is 1.11 bits per heavy atom. The molecule has 2 aliphatic rings. The number of amides is 1. The zero-order valence-corrected chi connectivity index (χ0v) is 17.2. The van der Waals surface area contributed by atoms with E-state index in [9.17, 15) is 4.79 Å². The van der Waals surface area contributed by atoms with Crippen LogP contribution in [0.5, 0.6) is 11.5 Å². The second-order valence-electron chi connectivity index (χ2n) is 7.26. The molecule has 0 aromatic heterocycles. The van der Waals surface area contributed by atoms with Crippen LogP contribution < -0.4 is 9.47 Å². The van der Waals surface area contributed by atoms with E-state index >= 15 is 0 Å². The first-order chi connectivity index (χ1) is 13.1. The van der Waals surface area contributed by atoms with E-state index in [1.165, 1.54) is 0 Å². The van der Waals surface area contributed by atoms with E-state index in [2.05, 4.69) is 4.90 Å². The largest absolute Gasteiger partial charge is 0.493 e. The topological polar surface area (TPSA) is 51.2 Å². The SMILES string of the molecule is COCCN1CCCC2(CCCN2Cc2cc(Cl)c(OC)c(OC)c2)C1=O. The number of halogens is 1. The molecule has 1 spiro atoms. The number of hydrogen-bond acceptors (Lipinski definition) is 5. The van der Waals surface area contributed by atoms with E-state index in [4.69, 9.17) is 25.8 Å². The number of piperidine rings is 1. The summed E-state index contributed by atoms with van der Waals surface area (Å²) in [7, 11) is 4.86. The van der Waals surface area contributed by atoms with E-state index < -0.39 is 5.54 Å². The molecule has 1 aromatic carbocycles. The smallest absolute Gasteiger partial charge is 0.243 e. The fourth-order valence-electron chi connectivity index (χ4n) is 4.45. The van der Waals surface area contributed by atoms with Crippen molar-refractivity contribution in [2.24, 2.45) is 0 Å². The molecular weight excluding hydrogens is 368 g/mol. The highest BCUT2D eigenvalue weighted by molar-refractivity contribution is 6.32. The lowest BCUT2D eigenvalue weighted by molar-refractivity contribution is -0.148. The normalized spacial score (nSPS) is 23.3. The minimum Gasteiger partial charge on any atom is -0.493 e. The van der Waals surface area contributed by atoms with E-state index in [1.807, 2.05) is 17.0 Å². The summed E-state index contributed by atoms with van der Waals surface area (Å²) in [5.41, 5.74) is 0.631. The highest BCUT2D eigenvalue weighted by Crippen LogP contribution is 2.41. The van der Waals surface area contributed by atoms with Gasteiger partial charge in [0.05, 0.1) is 25.8 Å². The van der Waals surface area contributed by atoms with Crippen molar-refractivity contribution < 1.29 is 19.0 Å². The number of carbonyl (C=O) groups excluding carboxylic acids is 1. The standard InChI is InChI=1S/C20H29ClN2O4/c1-25-11-10-22-8-4-6-20(19(22)24)7-5-9-23(20)14-15-12-16(21)18(27-3)17(13-15)26-2/h12-13H,4-11,14H2,1-3H3. The Hall–Kier alpha value is -1.50. The Morgan fingerprint density at radius 2 is 1.85 bits per heavy atom. The van der Waals surface area contributed by atoms with E-state index in [0.717, 1.165) is 44.3 Å². The molecule has 7 heteroatoms. The molecule has 0 aliphatic carbocycles. The molecule has 0 N–H and O–H groups in total. The first-order valence-corrected chi connectivity index (χ1v) is 9.87. The molecule has 1 aromatic rings. The van der Waals surface area contributed by atoms with Crippen molar-refractivity contribution in [2.45, 2.75) is 37.8 Å². The Morgan fingerprint density at radius 3 is 2.52 bits per heavy atom. The zero-order chi connectivity index (χ0) is 19.4. The number of nitrogens with zero attached hydrogens (tertiary/aromatic N) is 2. The lowest BCUT2D eigenvalue weighted by Crippen LogP contribution is -2.60. The van der Waals surface area contributed by atoms with Crippen LogP contribution in [0.4, 0.5) is 0 Å². The second-order valence-corrected chi connectivity index (χ2v) is 7.67. The predicted molar refractivity (Wildman–Crippen MR) is 105 cm³/mol. The second kappa shape index (κ2) is 8.67. The number of rotatable bonds is 7. The fraction of sp³-hybridized carbons (Fsp3) is 0.650. The summed E-state index contributed by atoms with van der Waals surface area (Å²) in [6.07, 6.45) is 3.89. The number of benzene rings is 1. The van der Waals surface area contributed by atoms with Crippen molar-refractivity contribution in [3.8, 4) is 11.5 Å². The molecular formula is C20H29ClN2O4. The third-order valence-electron chi connectivity index (χ3n) is 5.76. The van der Waals surface area contributed by atoms with Crippen LogP contribution in [0.2, 0.25) is 5.02 Å². The van der Waals surface area contributed by atoms with Gasteiger partial charge in [0.2, 0.25) is 5.91 Å². The molecule has 3 rings (SSSR count). The Bertz CT molecular complexity index is 684. The molecule has 1 atom stereocenters. The summed E-state index contributed by atoms with van der Waals surface area (Å²) >= 11 is 6.37. The molecule has 0 radical (unpaired) electrons. The van der Waals surface area contributed by atoms with E-state index in [-0.39, 0.29) is 5.91 Å². The van der Waals surface area contributed by atoms with Crippen molar-refractivity contribution in [1.29, 1.82) is 0 Å². The maximum atomic E-state index is 13.3. The van der Waals surface area contributed by atoms with Gasteiger partial charge < -0.3 is 19.1 Å². The van der Waals surface area contributed by atoms with E-state index in [1.54, 1.807) is 21.3 Å². The molecule has 0 saturated carbocycles. The molecule has 1 unspecified atom stereocenters. The lowest BCUT2D eigenvalue weighted by Gasteiger charge is -2.44. The fourth-order valence-corrected chi connectivity index (χ4v) is 4.76. The van der Waals surface area contributed by atoms with Gasteiger partial charge in [0.1, 0.15) is 5.54 Å². The first kappa shape index (κ1) is 20.2. The minimum atomic E-state index is -0.397. The van der Waals surface area contributed by atoms with Crippen LogP contribution in [-0.2, 0) is 16.1 Å². The van der Waals surface area contributed by atoms with Gasteiger partial charge in [0.15, 0.2) is 11.5 Å². The molecule has 6 nitrogen and oxygen atoms in total. The summed E-state index contributed by atoms with van der Waals surface area (Å²) < 4.78 is 15.9. The molecule has 2 heterocycles. The van der Waals surface area contributed by atoms with Crippen molar-refractivity contribution in [3.05, 3.63) is 22.7 Å². The van der Waals surface area contributed by atoms with Crippen LogP contribution in [0.3, 0.4) is 0 Å². The molecule has 2 fully saturated rings. The lowest BCUT2D eigenvalue weighted by atomic mass is 9.85. The monoisotopic (exact) mass is 396 g/mol. The number of hydrogen-bond donors (Lipinski definition) is 0. The third kappa shape index (κ3) is 3.89. The van der Waals surface area contributed by atoms with Crippen molar-refractivity contribution in [3.63, 3.8) is 0 Å². The molecule has 27 heavy (non-hydrogen) atoms. The maximum absolute atomic E-state index is 13.3. The van der Waals surface area contributed by atoms with E-state index in [0.29, 0.717) is 36.2 Å². The van der Waals surface area contributed by atoms with Crippen LogP contribution in [0, 0.1) is 0 Å². The highest BCUT2D eigenvalue weighted by Gasteiger charge is 2.50. The average molecular weight is 397 g/mol. The third-order valence-corrected chi connectivity index (χ3v) is 6.04. The van der Waals surface area contributed by atoms with Crippen molar-refractivity contribution in [1.82, 2.24) is 9.80 Å². The van der Waals surface area contributed by atoms with Gasteiger partial charge in [-0.1, -0.05) is 11.6 Å². The van der Waals surface area contributed by atoms with Gasteiger partial charge in [-0.25, -0.2) is 0 Å². The molecule has 0 bridgehead atoms. The Kier molecular flexibility index (Phi) is 6.50. The van der Waals surface area contributed by atoms with Crippen LogP contribution in [0.15, 0.2) is 12.1 Å². The van der Waals surface area contributed by atoms with Crippen LogP contribution in [-0.4, -0.2) is 68.8 Å². The average Bonchev–Trinajstić information content (AvgIpc) is 3.05.